The Kier molecular flexibility index (Phi) is 7.08. The first-order chi connectivity index (χ1) is 10.5. The van der Waals surface area contributed by atoms with E-state index >= 15 is 0 Å². The summed E-state index contributed by atoms with van der Waals surface area (Å²) in [6.07, 6.45) is 0.637. The van der Waals surface area contributed by atoms with Gasteiger partial charge in [-0.2, -0.15) is 0 Å². The number of nitro benzene ring substituents is 1. The van der Waals surface area contributed by atoms with E-state index in [1.165, 1.54) is 23.5 Å². The fourth-order valence-electron chi connectivity index (χ4n) is 1.92. The number of non-ortho nitro benzene ring substituents is 1. The summed E-state index contributed by atoms with van der Waals surface area (Å²) < 4.78 is 0. The second-order valence-corrected chi connectivity index (χ2v) is 5.66. The summed E-state index contributed by atoms with van der Waals surface area (Å²) in [6.45, 7) is 2.25. The maximum absolute atomic E-state index is 12.1. The third kappa shape index (κ3) is 4.98. The molecule has 1 atom stereocenters. The van der Waals surface area contributed by atoms with Gasteiger partial charge in [0.2, 0.25) is 0 Å². The Morgan fingerprint density at radius 1 is 1.52 bits per heavy atom. The smallest absolute Gasteiger partial charge is 0.271 e. The lowest BCUT2D eigenvalue weighted by Crippen LogP contribution is -2.27. The molecule has 9 heteroatoms. The normalized spacial score (nSPS) is 11.4. The number of nitrogens with zero attached hydrogens (tertiary/aromatic N) is 2. The molecule has 0 aliphatic rings. The Morgan fingerprint density at radius 2 is 2.26 bits per heavy atom. The second-order valence-electron chi connectivity index (χ2n) is 4.71. The lowest BCUT2D eigenvalue weighted by atomic mass is 10.1. The summed E-state index contributed by atoms with van der Waals surface area (Å²) >= 11 is 1.39. The Bertz CT molecular complexity index is 692. The maximum Gasteiger partial charge on any atom is 0.271 e. The van der Waals surface area contributed by atoms with Gasteiger partial charge in [-0.3, -0.25) is 14.9 Å². The van der Waals surface area contributed by atoms with Gasteiger partial charge in [0.15, 0.2) is 0 Å². The van der Waals surface area contributed by atoms with Gasteiger partial charge in [-0.05, 0) is 19.0 Å². The van der Waals surface area contributed by atoms with Crippen LogP contribution < -0.4 is 11.1 Å². The number of halogens is 1. The minimum Gasteiger partial charge on any atom is -0.344 e. The first-order valence-electron chi connectivity index (χ1n) is 6.71. The van der Waals surface area contributed by atoms with Crippen LogP contribution in [-0.2, 0) is 6.42 Å². The lowest BCUT2D eigenvalue weighted by Gasteiger charge is -2.13. The molecule has 0 spiro atoms. The zero-order valence-electron chi connectivity index (χ0n) is 12.4. The highest BCUT2D eigenvalue weighted by atomic mass is 35.5. The second kappa shape index (κ2) is 8.56. The van der Waals surface area contributed by atoms with Crippen molar-refractivity contribution in [2.24, 2.45) is 5.73 Å². The molecule has 3 N–H and O–H groups in total. The zero-order chi connectivity index (χ0) is 16.1. The first kappa shape index (κ1) is 19.0. The minimum atomic E-state index is -0.461. The van der Waals surface area contributed by atoms with Crippen LogP contribution in [0.25, 0.3) is 0 Å². The van der Waals surface area contributed by atoms with E-state index in [1.807, 2.05) is 0 Å². The monoisotopic (exact) mass is 356 g/mol. The molecule has 0 bridgehead atoms. The molecule has 0 fully saturated rings. The molecule has 0 saturated carbocycles. The van der Waals surface area contributed by atoms with Gasteiger partial charge in [0.25, 0.3) is 11.6 Å². The molecule has 7 nitrogen and oxygen atoms in total. The van der Waals surface area contributed by atoms with Gasteiger partial charge in [0.05, 0.1) is 16.0 Å². The number of amides is 1. The molecule has 0 aliphatic carbocycles. The number of hydrogen-bond donors (Lipinski definition) is 2. The molecule has 0 saturated heterocycles. The van der Waals surface area contributed by atoms with E-state index in [9.17, 15) is 14.9 Å². The number of rotatable bonds is 6. The van der Waals surface area contributed by atoms with Gasteiger partial charge >= 0.3 is 0 Å². The molecule has 0 aliphatic heterocycles. The van der Waals surface area contributed by atoms with Gasteiger partial charge in [-0.25, -0.2) is 4.98 Å². The summed E-state index contributed by atoms with van der Waals surface area (Å²) in [6, 6.07) is 5.84. The number of carbonyl (C=O) groups excluding carboxylic acids is 1. The topological polar surface area (TPSA) is 111 Å². The molecule has 1 aromatic heterocycles. The molecule has 1 unspecified atom stereocenters. The van der Waals surface area contributed by atoms with E-state index in [-0.39, 0.29) is 30.0 Å². The number of nitrogens with one attached hydrogen (secondary N) is 1. The molecular weight excluding hydrogens is 340 g/mol. The molecule has 1 amide bonds. The highest BCUT2D eigenvalue weighted by Crippen LogP contribution is 2.19. The highest BCUT2D eigenvalue weighted by molar-refractivity contribution is 7.09. The van der Waals surface area contributed by atoms with E-state index in [2.05, 4.69) is 10.3 Å². The lowest BCUT2D eigenvalue weighted by molar-refractivity contribution is -0.384. The average Bonchev–Trinajstić information content (AvgIpc) is 2.96. The summed E-state index contributed by atoms with van der Waals surface area (Å²) in [7, 11) is 0. The number of benzene rings is 1. The SMILES string of the molecule is CC(NC(=O)c1csc(CCN)n1)c1cccc([N+](=O)[O-])c1.Cl. The van der Waals surface area contributed by atoms with Crippen molar-refractivity contribution in [1.29, 1.82) is 0 Å². The molecule has 124 valence electrons. The number of carbonyl (C=O) groups is 1. The fourth-order valence-corrected chi connectivity index (χ4v) is 2.71. The Hall–Kier alpha value is -2.03. The van der Waals surface area contributed by atoms with E-state index in [0.29, 0.717) is 24.2 Å². The number of aromatic nitrogens is 1. The Labute approximate surface area is 143 Å². The van der Waals surface area contributed by atoms with Crippen molar-refractivity contribution in [2.75, 3.05) is 6.54 Å². The summed E-state index contributed by atoms with van der Waals surface area (Å²) in [5, 5.41) is 16.1. The predicted octanol–water partition coefficient (Wildman–Crippen LogP) is 2.47. The highest BCUT2D eigenvalue weighted by Gasteiger charge is 2.16. The van der Waals surface area contributed by atoms with Crippen LogP contribution in [0.4, 0.5) is 5.69 Å². The molecule has 23 heavy (non-hydrogen) atoms. The van der Waals surface area contributed by atoms with Crippen LogP contribution in [0, 0.1) is 10.1 Å². The van der Waals surface area contributed by atoms with Gasteiger partial charge in [-0.1, -0.05) is 12.1 Å². The predicted molar refractivity (Wildman–Crippen MR) is 91.1 cm³/mol. The minimum absolute atomic E-state index is 0. The first-order valence-corrected chi connectivity index (χ1v) is 7.59. The summed E-state index contributed by atoms with van der Waals surface area (Å²) in [5.41, 5.74) is 6.46. The number of nitrogens with two attached hydrogens (primary N) is 1. The van der Waals surface area contributed by atoms with Crippen molar-refractivity contribution >= 4 is 35.3 Å². The largest absolute Gasteiger partial charge is 0.344 e. The molecular formula is C14H17ClN4O3S. The van der Waals surface area contributed by atoms with Crippen LogP contribution in [0.5, 0.6) is 0 Å². The number of thiazole rings is 1. The fraction of sp³-hybridized carbons (Fsp3) is 0.286. The van der Waals surface area contributed by atoms with Crippen molar-refractivity contribution < 1.29 is 9.72 Å². The standard InChI is InChI=1S/C14H16N4O3S.ClH/c1-9(10-3-2-4-11(7-10)18(20)21)16-14(19)12-8-22-13(17-12)5-6-15;/h2-4,7-9H,5-6,15H2,1H3,(H,16,19);1H. The Balaban J connectivity index is 0.00000264. The van der Waals surface area contributed by atoms with Crippen LogP contribution in [0.15, 0.2) is 29.6 Å². The third-order valence-electron chi connectivity index (χ3n) is 3.07. The summed E-state index contributed by atoms with van der Waals surface area (Å²) in [5.74, 6) is -0.307. The Morgan fingerprint density at radius 3 is 2.91 bits per heavy atom. The van der Waals surface area contributed by atoms with Crippen LogP contribution in [0.1, 0.15) is 34.0 Å². The van der Waals surface area contributed by atoms with Gasteiger partial charge in [0.1, 0.15) is 5.69 Å². The number of nitro groups is 1. The molecule has 1 heterocycles. The van der Waals surface area contributed by atoms with Crippen LogP contribution >= 0.6 is 23.7 Å². The van der Waals surface area contributed by atoms with E-state index in [0.717, 1.165) is 5.01 Å². The molecule has 2 aromatic rings. The van der Waals surface area contributed by atoms with Gasteiger partial charge in [-0.15, -0.1) is 23.7 Å². The van der Waals surface area contributed by atoms with E-state index < -0.39 is 4.92 Å². The van der Waals surface area contributed by atoms with Crippen molar-refractivity contribution in [3.8, 4) is 0 Å². The number of hydrogen-bond acceptors (Lipinski definition) is 6. The molecule has 0 radical (unpaired) electrons. The molecule has 1 aromatic carbocycles. The van der Waals surface area contributed by atoms with E-state index in [1.54, 1.807) is 24.4 Å². The van der Waals surface area contributed by atoms with Crippen LogP contribution in [0.3, 0.4) is 0 Å². The summed E-state index contributed by atoms with van der Waals surface area (Å²) in [4.78, 5) is 26.7. The van der Waals surface area contributed by atoms with E-state index in [4.69, 9.17) is 5.73 Å². The molecule has 2 rings (SSSR count). The van der Waals surface area contributed by atoms with Crippen molar-refractivity contribution in [3.63, 3.8) is 0 Å². The van der Waals surface area contributed by atoms with Crippen molar-refractivity contribution in [3.05, 3.63) is 56.0 Å². The van der Waals surface area contributed by atoms with Gasteiger partial charge in [0, 0.05) is 23.9 Å². The van der Waals surface area contributed by atoms with Crippen LogP contribution in [0.2, 0.25) is 0 Å². The van der Waals surface area contributed by atoms with Gasteiger partial charge < -0.3 is 11.1 Å². The zero-order valence-corrected chi connectivity index (χ0v) is 14.0. The average molecular weight is 357 g/mol. The van der Waals surface area contributed by atoms with Crippen LogP contribution in [-0.4, -0.2) is 22.4 Å². The quantitative estimate of drug-likeness (QED) is 0.610. The van der Waals surface area contributed by atoms with Crippen molar-refractivity contribution in [2.45, 2.75) is 19.4 Å². The third-order valence-corrected chi connectivity index (χ3v) is 3.98. The maximum atomic E-state index is 12.1. The van der Waals surface area contributed by atoms with Crippen molar-refractivity contribution in [1.82, 2.24) is 10.3 Å².